The van der Waals surface area contributed by atoms with Crippen molar-refractivity contribution in [2.75, 3.05) is 11.9 Å². The summed E-state index contributed by atoms with van der Waals surface area (Å²) in [6.45, 7) is 2.67. The number of halogens is 1. The Morgan fingerprint density at radius 3 is 2.93 bits per heavy atom. The maximum atomic E-state index is 9.44. The molecule has 76 valence electrons. The molecular formula is C9H11ClN2OS. The van der Waals surface area contributed by atoms with Crippen LogP contribution < -0.4 is 10.6 Å². The summed E-state index contributed by atoms with van der Waals surface area (Å²) < 4.78 is 0. The van der Waals surface area contributed by atoms with Gasteiger partial charge < -0.3 is 15.7 Å². The third kappa shape index (κ3) is 3.05. The quantitative estimate of drug-likeness (QED) is 0.539. The lowest BCUT2D eigenvalue weighted by Gasteiger charge is -2.10. The molecule has 0 saturated carbocycles. The molecule has 14 heavy (non-hydrogen) atoms. The molecule has 0 saturated heterocycles. The summed E-state index contributed by atoms with van der Waals surface area (Å²) >= 11 is 10.7. The second-order valence-electron chi connectivity index (χ2n) is 2.65. The summed E-state index contributed by atoms with van der Waals surface area (Å²) in [5, 5.41) is 16.2. The minimum absolute atomic E-state index is 0.120. The molecule has 0 aromatic heterocycles. The summed E-state index contributed by atoms with van der Waals surface area (Å²) in [4.78, 5) is 0. The van der Waals surface area contributed by atoms with E-state index in [1.807, 2.05) is 6.92 Å². The molecule has 5 heteroatoms. The molecular weight excluding hydrogens is 220 g/mol. The van der Waals surface area contributed by atoms with Gasteiger partial charge in [-0.15, -0.1) is 0 Å². The second kappa shape index (κ2) is 5.02. The van der Waals surface area contributed by atoms with E-state index >= 15 is 0 Å². The molecule has 1 aromatic rings. The molecule has 0 radical (unpaired) electrons. The molecule has 1 aromatic carbocycles. The van der Waals surface area contributed by atoms with Crippen LogP contribution in [0.25, 0.3) is 0 Å². The average molecular weight is 231 g/mol. The Labute approximate surface area is 93.1 Å². The summed E-state index contributed by atoms with van der Waals surface area (Å²) in [6.07, 6.45) is 0. The van der Waals surface area contributed by atoms with Crippen molar-refractivity contribution < 1.29 is 5.11 Å². The van der Waals surface area contributed by atoms with Crippen LogP contribution in [0.15, 0.2) is 18.2 Å². The molecule has 0 atom stereocenters. The fraction of sp³-hybridized carbons (Fsp3) is 0.222. The van der Waals surface area contributed by atoms with Crippen molar-refractivity contribution in [2.45, 2.75) is 6.92 Å². The third-order valence-corrected chi connectivity index (χ3v) is 2.03. The third-order valence-electron chi connectivity index (χ3n) is 1.54. The van der Waals surface area contributed by atoms with Gasteiger partial charge in [0.15, 0.2) is 5.11 Å². The minimum Gasteiger partial charge on any atom is -0.506 e. The molecule has 0 unspecified atom stereocenters. The van der Waals surface area contributed by atoms with E-state index in [1.54, 1.807) is 12.1 Å². The highest BCUT2D eigenvalue weighted by atomic mass is 35.5. The standard InChI is InChI=1S/C9H11ClN2OS/c1-2-11-9(14)12-7-5-6(10)3-4-8(7)13/h3-5,13H,2H2,1H3,(H2,11,12,14). The van der Waals surface area contributed by atoms with Crippen LogP contribution in [0.4, 0.5) is 5.69 Å². The van der Waals surface area contributed by atoms with Crippen molar-refractivity contribution in [1.29, 1.82) is 0 Å². The molecule has 0 bridgehead atoms. The lowest BCUT2D eigenvalue weighted by molar-refractivity contribution is 0.478. The highest BCUT2D eigenvalue weighted by molar-refractivity contribution is 7.80. The summed E-state index contributed by atoms with van der Waals surface area (Å²) in [7, 11) is 0. The van der Waals surface area contributed by atoms with Gasteiger partial charge in [-0.25, -0.2) is 0 Å². The monoisotopic (exact) mass is 230 g/mol. The van der Waals surface area contributed by atoms with E-state index in [0.717, 1.165) is 6.54 Å². The van der Waals surface area contributed by atoms with Crippen molar-refractivity contribution in [1.82, 2.24) is 5.32 Å². The first kappa shape index (κ1) is 11.1. The predicted octanol–water partition coefficient (Wildman–Crippen LogP) is 2.35. The van der Waals surface area contributed by atoms with Gasteiger partial charge in [0.05, 0.1) is 5.69 Å². The Kier molecular flexibility index (Phi) is 3.98. The number of hydrogen-bond donors (Lipinski definition) is 3. The summed E-state index contributed by atoms with van der Waals surface area (Å²) in [6, 6.07) is 4.73. The van der Waals surface area contributed by atoms with Crippen LogP contribution >= 0.6 is 23.8 Å². The van der Waals surface area contributed by atoms with Gasteiger partial charge in [0.2, 0.25) is 0 Å². The number of nitrogens with one attached hydrogen (secondary N) is 2. The highest BCUT2D eigenvalue weighted by Crippen LogP contribution is 2.26. The average Bonchev–Trinajstić information content (AvgIpc) is 2.12. The lowest BCUT2D eigenvalue weighted by Crippen LogP contribution is -2.27. The van der Waals surface area contributed by atoms with E-state index in [4.69, 9.17) is 23.8 Å². The molecule has 1 rings (SSSR count). The Morgan fingerprint density at radius 1 is 1.57 bits per heavy atom. The van der Waals surface area contributed by atoms with Crippen LogP contribution in [-0.4, -0.2) is 16.8 Å². The van der Waals surface area contributed by atoms with Gasteiger partial charge in [-0.1, -0.05) is 11.6 Å². The Balaban J connectivity index is 2.75. The van der Waals surface area contributed by atoms with Crippen LogP contribution in [0.2, 0.25) is 5.02 Å². The maximum absolute atomic E-state index is 9.44. The molecule has 0 aliphatic heterocycles. The number of benzene rings is 1. The number of phenols is 1. The predicted molar refractivity (Wildman–Crippen MR) is 63.0 cm³/mol. The zero-order valence-electron chi connectivity index (χ0n) is 7.67. The lowest BCUT2D eigenvalue weighted by atomic mass is 10.3. The molecule has 0 heterocycles. The normalized spacial score (nSPS) is 9.57. The van der Waals surface area contributed by atoms with Gasteiger partial charge in [0, 0.05) is 11.6 Å². The van der Waals surface area contributed by atoms with E-state index in [2.05, 4.69) is 10.6 Å². The van der Waals surface area contributed by atoms with Crippen molar-refractivity contribution in [3.8, 4) is 5.75 Å². The minimum atomic E-state index is 0.120. The van der Waals surface area contributed by atoms with Crippen molar-refractivity contribution in [2.24, 2.45) is 0 Å². The second-order valence-corrected chi connectivity index (χ2v) is 3.49. The van der Waals surface area contributed by atoms with Crippen LogP contribution in [-0.2, 0) is 0 Å². The Bertz CT molecular complexity index is 344. The number of rotatable bonds is 2. The molecule has 0 aliphatic rings. The zero-order valence-corrected chi connectivity index (χ0v) is 9.25. The fourth-order valence-electron chi connectivity index (χ4n) is 0.935. The highest BCUT2D eigenvalue weighted by Gasteiger charge is 2.02. The van der Waals surface area contributed by atoms with E-state index in [9.17, 15) is 5.11 Å². The van der Waals surface area contributed by atoms with Gasteiger partial charge in [0.25, 0.3) is 0 Å². The fourth-order valence-corrected chi connectivity index (χ4v) is 1.36. The van der Waals surface area contributed by atoms with Crippen LogP contribution in [0.5, 0.6) is 5.75 Å². The zero-order chi connectivity index (χ0) is 10.6. The van der Waals surface area contributed by atoms with Crippen molar-refractivity contribution in [3.05, 3.63) is 23.2 Å². The molecule has 0 amide bonds. The van der Waals surface area contributed by atoms with Crippen LogP contribution in [0.3, 0.4) is 0 Å². The summed E-state index contributed by atoms with van der Waals surface area (Å²) in [5.41, 5.74) is 0.503. The van der Waals surface area contributed by atoms with Crippen molar-refractivity contribution >= 4 is 34.6 Å². The number of phenolic OH excluding ortho intramolecular Hbond substituents is 1. The van der Waals surface area contributed by atoms with Gasteiger partial charge in [-0.3, -0.25) is 0 Å². The maximum Gasteiger partial charge on any atom is 0.170 e. The smallest absolute Gasteiger partial charge is 0.170 e. The first-order valence-electron chi connectivity index (χ1n) is 4.17. The van der Waals surface area contributed by atoms with E-state index in [-0.39, 0.29) is 5.75 Å². The number of thiocarbonyl (C=S) groups is 1. The van der Waals surface area contributed by atoms with E-state index in [0.29, 0.717) is 15.8 Å². The van der Waals surface area contributed by atoms with Crippen LogP contribution in [0.1, 0.15) is 6.92 Å². The number of aromatic hydroxyl groups is 1. The Hall–Kier alpha value is -1.00. The topological polar surface area (TPSA) is 44.3 Å². The molecule has 3 N–H and O–H groups in total. The molecule has 0 fully saturated rings. The molecule has 0 aliphatic carbocycles. The SMILES string of the molecule is CCNC(=S)Nc1cc(Cl)ccc1O. The van der Waals surface area contributed by atoms with E-state index < -0.39 is 0 Å². The number of hydrogen-bond acceptors (Lipinski definition) is 2. The van der Waals surface area contributed by atoms with Crippen molar-refractivity contribution in [3.63, 3.8) is 0 Å². The Morgan fingerprint density at radius 2 is 2.29 bits per heavy atom. The molecule has 0 spiro atoms. The van der Waals surface area contributed by atoms with Gasteiger partial charge in [-0.2, -0.15) is 0 Å². The van der Waals surface area contributed by atoms with Gasteiger partial charge >= 0.3 is 0 Å². The van der Waals surface area contributed by atoms with Crippen LogP contribution in [0, 0.1) is 0 Å². The van der Waals surface area contributed by atoms with Gasteiger partial charge in [-0.05, 0) is 37.3 Å². The van der Waals surface area contributed by atoms with E-state index in [1.165, 1.54) is 6.07 Å². The van der Waals surface area contributed by atoms with Gasteiger partial charge in [0.1, 0.15) is 5.75 Å². The molecule has 3 nitrogen and oxygen atoms in total. The summed E-state index contributed by atoms with van der Waals surface area (Å²) in [5.74, 6) is 0.120. The first-order valence-corrected chi connectivity index (χ1v) is 4.95. The largest absolute Gasteiger partial charge is 0.506 e. The first-order chi connectivity index (χ1) is 6.63. The number of anilines is 1.